The van der Waals surface area contributed by atoms with Crippen LogP contribution in [0.25, 0.3) is 0 Å². The average Bonchev–Trinajstić information content (AvgIpc) is 1.96. The Labute approximate surface area is 79.2 Å². The molecule has 0 radical (unpaired) electrons. The van der Waals surface area contributed by atoms with Crippen molar-refractivity contribution in [3.63, 3.8) is 0 Å². The number of alkyl halides is 1. The lowest BCUT2D eigenvalue weighted by molar-refractivity contribution is -0.133. The molecule has 2 unspecified atom stereocenters. The topological polar surface area (TPSA) is 57.5 Å². The van der Waals surface area contributed by atoms with Gasteiger partial charge in [0, 0.05) is 0 Å². The van der Waals surface area contributed by atoms with Gasteiger partial charge in [-0.3, -0.25) is 0 Å². The summed E-state index contributed by atoms with van der Waals surface area (Å²) in [5.41, 5.74) is 0.149. The van der Waals surface area contributed by atoms with Gasteiger partial charge >= 0.3 is 5.97 Å². The minimum absolute atomic E-state index is 0.0133. The molecule has 0 saturated heterocycles. The van der Waals surface area contributed by atoms with Crippen LogP contribution in [-0.4, -0.2) is 21.0 Å². The van der Waals surface area contributed by atoms with Crippen molar-refractivity contribution in [1.82, 2.24) is 0 Å². The quantitative estimate of drug-likeness (QED) is 0.684. The summed E-state index contributed by atoms with van der Waals surface area (Å²) in [5, 5.41) is 18.1. The highest BCUT2D eigenvalue weighted by Gasteiger charge is 2.28. The second kappa shape index (κ2) is 3.47. The normalized spacial score (nSPS) is 30.5. The standard InChI is InChI=1S/C8H11BrO3/c1-4-2-5(8(11)12)7(10)6(9)3-4/h4,6,10H,2-3H2,1H3,(H,11,12). The Morgan fingerprint density at radius 3 is 2.75 bits per heavy atom. The molecule has 68 valence electrons. The van der Waals surface area contributed by atoms with E-state index in [1.165, 1.54) is 0 Å². The van der Waals surface area contributed by atoms with Crippen LogP contribution in [0.3, 0.4) is 0 Å². The van der Waals surface area contributed by atoms with Crippen molar-refractivity contribution in [1.29, 1.82) is 0 Å². The summed E-state index contributed by atoms with van der Waals surface area (Å²) in [6, 6.07) is 0. The highest BCUT2D eigenvalue weighted by Crippen LogP contribution is 2.32. The molecule has 2 atom stereocenters. The van der Waals surface area contributed by atoms with Crippen LogP contribution in [0, 0.1) is 5.92 Å². The molecule has 0 heterocycles. The van der Waals surface area contributed by atoms with Crippen molar-refractivity contribution in [2.75, 3.05) is 0 Å². The first kappa shape index (κ1) is 9.58. The minimum atomic E-state index is -1.01. The van der Waals surface area contributed by atoms with Gasteiger partial charge in [0.25, 0.3) is 0 Å². The summed E-state index contributed by atoms with van der Waals surface area (Å²) in [7, 11) is 0. The number of aliphatic carboxylic acids is 1. The number of aliphatic hydroxyl groups is 1. The lowest BCUT2D eigenvalue weighted by Gasteiger charge is -2.23. The number of rotatable bonds is 1. The Balaban J connectivity index is 2.93. The van der Waals surface area contributed by atoms with Crippen molar-refractivity contribution in [3.05, 3.63) is 11.3 Å². The highest BCUT2D eigenvalue weighted by molar-refractivity contribution is 9.09. The first-order valence-electron chi connectivity index (χ1n) is 3.81. The number of allylic oxidation sites excluding steroid dienone is 1. The Kier molecular flexibility index (Phi) is 2.77. The molecule has 0 fully saturated rings. The molecule has 1 aliphatic carbocycles. The maximum atomic E-state index is 10.6. The maximum absolute atomic E-state index is 10.6. The van der Waals surface area contributed by atoms with Gasteiger partial charge in [-0.2, -0.15) is 0 Å². The van der Waals surface area contributed by atoms with Crippen LogP contribution < -0.4 is 0 Å². The van der Waals surface area contributed by atoms with E-state index in [2.05, 4.69) is 15.9 Å². The van der Waals surface area contributed by atoms with Gasteiger partial charge in [-0.05, 0) is 18.8 Å². The molecule has 0 aromatic rings. The number of aliphatic hydroxyl groups excluding tert-OH is 1. The molecule has 12 heavy (non-hydrogen) atoms. The van der Waals surface area contributed by atoms with Gasteiger partial charge in [0.15, 0.2) is 0 Å². The average molecular weight is 235 g/mol. The predicted molar refractivity (Wildman–Crippen MR) is 48.4 cm³/mol. The van der Waals surface area contributed by atoms with Crippen molar-refractivity contribution in [3.8, 4) is 0 Å². The van der Waals surface area contributed by atoms with Gasteiger partial charge in [-0.15, -0.1) is 0 Å². The second-order valence-corrected chi connectivity index (χ2v) is 4.29. The smallest absolute Gasteiger partial charge is 0.335 e. The van der Waals surface area contributed by atoms with Gasteiger partial charge in [0.05, 0.1) is 10.4 Å². The zero-order chi connectivity index (χ0) is 9.30. The number of carboxylic acid groups (broad SMARTS) is 1. The van der Waals surface area contributed by atoms with E-state index in [1.807, 2.05) is 6.92 Å². The fourth-order valence-corrected chi connectivity index (χ4v) is 2.30. The molecule has 4 heteroatoms. The van der Waals surface area contributed by atoms with E-state index in [9.17, 15) is 9.90 Å². The zero-order valence-electron chi connectivity index (χ0n) is 6.75. The van der Waals surface area contributed by atoms with Gasteiger partial charge in [-0.1, -0.05) is 22.9 Å². The molecule has 0 spiro atoms. The van der Waals surface area contributed by atoms with Gasteiger partial charge in [0.1, 0.15) is 5.76 Å². The number of carboxylic acids is 1. The summed E-state index contributed by atoms with van der Waals surface area (Å²) in [6.07, 6.45) is 1.26. The Hall–Kier alpha value is -0.510. The van der Waals surface area contributed by atoms with Crippen LogP contribution in [-0.2, 0) is 4.79 Å². The second-order valence-electron chi connectivity index (χ2n) is 3.18. The molecule has 0 saturated carbocycles. The van der Waals surface area contributed by atoms with E-state index in [0.29, 0.717) is 12.3 Å². The van der Waals surface area contributed by atoms with Crippen LogP contribution in [0.2, 0.25) is 0 Å². The number of carbonyl (C=O) groups is 1. The van der Waals surface area contributed by atoms with Crippen LogP contribution in [0.4, 0.5) is 0 Å². The van der Waals surface area contributed by atoms with Gasteiger partial charge in [0.2, 0.25) is 0 Å². The summed E-state index contributed by atoms with van der Waals surface area (Å²) in [4.78, 5) is 10.4. The number of hydrogen-bond donors (Lipinski definition) is 2. The van der Waals surface area contributed by atoms with Crippen molar-refractivity contribution in [2.45, 2.75) is 24.6 Å². The fourth-order valence-electron chi connectivity index (χ4n) is 1.39. The summed E-state index contributed by atoms with van der Waals surface area (Å²) in [5.74, 6) is -0.708. The maximum Gasteiger partial charge on any atom is 0.335 e. The SMILES string of the molecule is CC1CC(C(=O)O)=C(O)C(Br)C1. The Morgan fingerprint density at radius 1 is 1.67 bits per heavy atom. The largest absolute Gasteiger partial charge is 0.511 e. The van der Waals surface area contributed by atoms with E-state index in [4.69, 9.17) is 5.11 Å². The zero-order valence-corrected chi connectivity index (χ0v) is 8.34. The first-order chi connectivity index (χ1) is 5.52. The van der Waals surface area contributed by atoms with E-state index in [1.54, 1.807) is 0 Å². The fraction of sp³-hybridized carbons (Fsp3) is 0.625. The molecule has 2 N–H and O–H groups in total. The van der Waals surface area contributed by atoms with E-state index in [0.717, 1.165) is 6.42 Å². The van der Waals surface area contributed by atoms with Crippen LogP contribution in [0.5, 0.6) is 0 Å². The van der Waals surface area contributed by atoms with Crippen molar-refractivity contribution in [2.24, 2.45) is 5.92 Å². The monoisotopic (exact) mass is 234 g/mol. The molecule has 0 aromatic heterocycles. The lowest BCUT2D eigenvalue weighted by Crippen LogP contribution is -2.21. The molecular weight excluding hydrogens is 224 g/mol. The van der Waals surface area contributed by atoms with Crippen LogP contribution in [0.15, 0.2) is 11.3 Å². The summed E-state index contributed by atoms with van der Waals surface area (Å²) in [6.45, 7) is 1.98. The molecule has 0 aromatic carbocycles. The molecule has 0 bridgehead atoms. The van der Waals surface area contributed by atoms with E-state index >= 15 is 0 Å². The predicted octanol–water partition coefficient (Wildman–Crippen LogP) is 2.08. The summed E-state index contributed by atoms with van der Waals surface area (Å²) >= 11 is 3.23. The third-order valence-corrected chi connectivity index (χ3v) is 2.83. The number of halogens is 1. The summed E-state index contributed by atoms with van der Waals surface area (Å²) < 4.78 is 0. The van der Waals surface area contributed by atoms with Crippen LogP contribution >= 0.6 is 15.9 Å². The van der Waals surface area contributed by atoms with Gasteiger partial charge in [-0.25, -0.2) is 4.79 Å². The molecule has 3 nitrogen and oxygen atoms in total. The Bertz CT molecular complexity index is 234. The lowest BCUT2D eigenvalue weighted by atomic mass is 9.89. The Morgan fingerprint density at radius 2 is 2.25 bits per heavy atom. The molecule has 0 amide bonds. The number of hydrogen-bond acceptors (Lipinski definition) is 2. The van der Waals surface area contributed by atoms with E-state index < -0.39 is 5.97 Å². The minimum Gasteiger partial charge on any atom is -0.511 e. The molecule has 1 rings (SSSR count). The molecule has 0 aliphatic heterocycles. The van der Waals surface area contributed by atoms with E-state index in [-0.39, 0.29) is 16.2 Å². The first-order valence-corrected chi connectivity index (χ1v) is 4.73. The third-order valence-electron chi connectivity index (χ3n) is 2.03. The van der Waals surface area contributed by atoms with Gasteiger partial charge < -0.3 is 10.2 Å². The molecular formula is C8H11BrO3. The molecule has 1 aliphatic rings. The third kappa shape index (κ3) is 1.80. The van der Waals surface area contributed by atoms with Crippen molar-refractivity contribution >= 4 is 21.9 Å². The van der Waals surface area contributed by atoms with Crippen LogP contribution in [0.1, 0.15) is 19.8 Å². The highest BCUT2D eigenvalue weighted by atomic mass is 79.9. The van der Waals surface area contributed by atoms with Crippen molar-refractivity contribution < 1.29 is 15.0 Å².